The van der Waals surface area contributed by atoms with Crippen LogP contribution in [0.5, 0.6) is 5.88 Å². The molecule has 3 aliphatic rings. The van der Waals surface area contributed by atoms with Gasteiger partial charge in [0, 0.05) is 51.7 Å². The molecule has 1 saturated heterocycles. The van der Waals surface area contributed by atoms with Gasteiger partial charge in [-0.05, 0) is 12.5 Å². The third-order valence-electron chi connectivity index (χ3n) is 5.98. The third kappa shape index (κ3) is 4.08. The molecule has 2 aromatic rings. The molecule has 2 atom stereocenters. The maximum atomic E-state index is 5.80. The van der Waals surface area contributed by atoms with Crippen molar-refractivity contribution in [3.8, 4) is 5.88 Å². The molecular weight excluding hydrogens is 378 g/mol. The van der Waals surface area contributed by atoms with Crippen LogP contribution < -0.4 is 4.74 Å². The summed E-state index contributed by atoms with van der Waals surface area (Å²) in [5.74, 6) is 0.688. The number of fused-ring (bicyclic) bond motifs is 3. The summed E-state index contributed by atoms with van der Waals surface area (Å²) >= 11 is 0. The highest BCUT2D eigenvalue weighted by atomic mass is 16.6. The molecule has 2 unspecified atom stereocenters. The molecular formula is C23H27N5O2. The summed E-state index contributed by atoms with van der Waals surface area (Å²) in [6.07, 6.45) is 5.61. The van der Waals surface area contributed by atoms with E-state index < -0.39 is 0 Å². The van der Waals surface area contributed by atoms with Gasteiger partial charge in [-0.15, -0.1) is 0 Å². The molecule has 5 rings (SSSR count). The van der Waals surface area contributed by atoms with Crippen molar-refractivity contribution in [2.75, 3.05) is 45.9 Å². The Bertz CT molecular complexity index is 938. The van der Waals surface area contributed by atoms with Crippen LogP contribution in [-0.4, -0.2) is 77.5 Å². The van der Waals surface area contributed by atoms with Crippen LogP contribution in [0.3, 0.4) is 0 Å². The van der Waals surface area contributed by atoms with Crippen LogP contribution in [-0.2, 0) is 4.84 Å². The summed E-state index contributed by atoms with van der Waals surface area (Å²) in [6.45, 7) is 8.86. The number of aromatic nitrogens is 2. The molecule has 0 bridgehead atoms. The fraction of sp³-hybridized carbons (Fsp3) is 0.435. The second kappa shape index (κ2) is 8.53. The van der Waals surface area contributed by atoms with Gasteiger partial charge in [-0.2, -0.15) is 0 Å². The molecule has 4 heterocycles. The van der Waals surface area contributed by atoms with Crippen LogP contribution in [0.1, 0.15) is 18.2 Å². The third-order valence-corrected chi connectivity index (χ3v) is 5.98. The number of piperazine rings is 1. The molecule has 30 heavy (non-hydrogen) atoms. The minimum atomic E-state index is 0.0152. The van der Waals surface area contributed by atoms with E-state index in [1.165, 1.54) is 11.1 Å². The number of oxime groups is 1. The van der Waals surface area contributed by atoms with Gasteiger partial charge in [0.25, 0.3) is 0 Å². The first kappa shape index (κ1) is 19.2. The van der Waals surface area contributed by atoms with E-state index in [1.54, 1.807) is 12.4 Å². The van der Waals surface area contributed by atoms with Crippen LogP contribution in [0, 0.1) is 5.92 Å². The number of hydrogen-bond donors (Lipinski definition) is 0. The van der Waals surface area contributed by atoms with Crippen molar-refractivity contribution in [1.82, 2.24) is 19.8 Å². The molecule has 1 fully saturated rings. The number of rotatable bonds is 5. The molecule has 1 aromatic heterocycles. The Hall–Kier alpha value is -2.77. The van der Waals surface area contributed by atoms with Crippen molar-refractivity contribution in [2.45, 2.75) is 13.0 Å². The zero-order chi connectivity index (χ0) is 20.3. The zero-order valence-corrected chi connectivity index (χ0v) is 17.3. The molecule has 0 radical (unpaired) electrons. The van der Waals surface area contributed by atoms with E-state index in [2.05, 4.69) is 68.3 Å². The quantitative estimate of drug-likeness (QED) is 0.761. The summed E-state index contributed by atoms with van der Waals surface area (Å²) in [5, 5.41) is 4.33. The summed E-state index contributed by atoms with van der Waals surface area (Å²) in [4.78, 5) is 19.4. The van der Waals surface area contributed by atoms with Crippen LogP contribution >= 0.6 is 0 Å². The lowest BCUT2D eigenvalue weighted by molar-refractivity contribution is 0.00971. The van der Waals surface area contributed by atoms with Gasteiger partial charge in [0.1, 0.15) is 12.3 Å². The number of nitrogens with zero attached hydrogens (tertiary/aromatic N) is 5. The van der Waals surface area contributed by atoms with Crippen molar-refractivity contribution in [2.24, 2.45) is 11.1 Å². The summed E-state index contributed by atoms with van der Waals surface area (Å²) < 4.78 is 5.80. The van der Waals surface area contributed by atoms with E-state index in [-0.39, 0.29) is 12.0 Å². The van der Waals surface area contributed by atoms with Gasteiger partial charge in [-0.25, -0.2) is 9.97 Å². The lowest BCUT2D eigenvalue weighted by Crippen LogP contribution is -2.50. The Balaban J connectivity index is 1.12. The van der Waals surface area contributed by atoms with Gasteiger partial charge in [-0.1, -0.05) is 47.1 Å². The molecule has 0 aliphatic carbocycles. The van der Waals surface area contributed by atoms with E-state index in [0.717, 1.165) is 50.7 Å². The van der Waals surface area contributed by atoms with Crippen LogP contribution in [0.2, 0.25) is 0 Å². The predicted molar refractivity (Wildman–Crippen MR) is 115 cm³/mol. The Morgan fingerprint density at radius 3 is 2.67 bits per heavy atom. The Kier molecular flexibility index (Phi) is 5.46. The fourth-order valence-electron chi connectivity index (χ4n) is 4.40. The maximum Gasteiger partial charge on any atom is 0.242 e. The fourth-order valence-corrected chi connectivity index (χ4v) is 4.40. The largest absolute Gasteiger partial charge is 0.475 e. The smallest absolute Gasteiger partial charge is 0.242 e. The molecule has 3 aliphatic heterocycles. The highest BCUT2D eigenvalue weighted by molar-refractivity contribution is 6.04. The van der Waals surface area contributed by atoms with Crippen LogP contribution in [0.15, 0.2) is 53.5 Å². The Labute approximate surface area is 177 Å². The highest BCUT2D eigenvalue weighted by Gasteiger charge is 2.42. The predicted octanol–water partition coefficient (Wildman–Crippen LogP) is 2.31. The molecule has 7 nitrogen and oxygen atoms in total. The first-order chi connectivity index (χ1) is 14.8. The summed E-state index contributed by atoms with van der Waals surface area (Å²) in [5.41, 5.74) is 4.27. The van der Waals surface area contributed by atoms with Crippen LogP contribution in [0.4, 0.5) is 0 Å². The minimum Gasteiger partial charge on any atom is -0.475 e. The number of benzene rings is 1. The average Bonchev–Trinajstić information content (AvgIpc) is 3.19. The van der Waals surface area contributed by atoms with Gasteiger partial charge in [0.15, 0.2) is 11.8 Å². The lowest BCUT2D eigenvalue weighted by atomic mass is 9.94. The Morgan fingerprint density at radius 1 is 1.07 bits per heavy atom. The zero-order valence-electron chi connectivity index (χ0n) is 17.3. The van der Waals surface area contributed by atoms with Crippen molar-refractivity contribution in [3.05, 3.63) is 59.6 Å². The summed E-state index contributed by atoms with van der Waals surface area (Å²) in [6, 6.07) is 10.5. The van der Waals surface area contributed by atoms with Gasteiger partial charge in [0.2, 0.25) is 5.88 Å². The molecule has 7 heteroatoms. The molecule has 0 amide bonds. The molecule has 156 valence electrons. The monoisotopic (exact) mass is 405 g/mol. The van der Waals surface area contributed by atoms with Crippen LogP contribution in [0.25, 0.3) is 6.08 Å². The van der Waals surface area contributed by atoms with Gasteiger partial charge < -0.3 is 9.57 Å². The average molecular weight is 406 g/mol. The van der Waals surface area contributed by atoms with Gasteiger partial charge >= 0.3 is 0 Å². The van der Waals surface area contributed by atoms with E-state index >= 15 is 0 Å². The molecule has 1 aromatic carbocycles. The van der Waals surface area contributed by atoms with Gasteiger partial charge in [0.05, 0.1) is 5.92 Å². The van der Waals surface area contributed by atoms with Gasteiger partial charge in [-0.3, -0.25) is 9.80 Å². The van der Waals surface area contributed by atoms with E-state index in [9.17, 15) is 0 Å². The lowest BCUT2D eigenvalue weighted by Gasteiger charge is -2.36. The first-order valence-electron chi connectivity index (χ1n) is 10.6. The normalized spacial score (nSPS) is 24.4. The van der Waals surface area contributed by atoms with Crippen molar-refractivity contribution >= 4 is 11.8 Å². The second-order valence-corrected chi connectivity index (χ2v) is 8.23. The van der Waals surface area contributed by atoms with E-state index in [1.807, 2.05) is 0 Å². The van der Waals surface area contributed by atoms with Crippen molar-refractivity contribution in [3.63, 3.8) is 0 Å². The molecule has 0 N–H and O–H groups in total. The maximum absolute atomic E-state index is 5.80. The second-order valence-electron chi connectivity index (χ2n) is 8.23. The SMILES string of the molecule is CC(=Cc1ccccc1)CN1CCN(CC2ON=C3c4nccnc4OCC32)CC1. The molecule has 0 spiro atoms. The molecule has 0 saturated carbocycles. The first-order valence-corrected chi connectivity index (χ1v) is 10.6. The van der Waals surface area contributed by atoms with E-state index in [0.29, 0.717) is 12.5 Å². The standard InChI is InChI=1S/C23H27N5O2/c1-17(13-18-5-3-2-4-6-18)14-27-9-11-28(12-10-27)15-20-19-16-29-23-22(21(19)26-30-20)24-7-8-25-23/h2-8,13,19-20H,9-12,14-16H2,1H3. The number of hydrogen-bond acceptors (Lipinski definition) is 7. The summed E-state index contributed by atoms with van der Waals surface area (Å²) in [7, 11) is 0. The van der Waals surface area contributed by atoms with Crippen molar-refractivity contribution in [1.29, 1.82) is 0 Å². The number of ether oxygens (including phenoxy) is 1. The topological polar surface area (TPSA) is 63.1 Å². The van der Waals surface area contributed by atoms with E-state index in [4.69, 9.17) is 9.57 Å². The Morgan fingerprint density at radius 2 is 1.83 bits per heavy atom. The van der Waals surface area contributed by atoms with Crippen molar-refractivity contribution < 1.29 is 9.57 Å². The minimum absolute atomic E-state index is 0.0152. The highest BCUT2D eigenvalue weighted by Crippen LogP contribution is 2.31.